The highest BCUT2D eigenvalue weighted by Crippen LogP contribution is 2.30. The van der Waals surface area contributed by atoms with Crippen LogP contribution in [-0.2, 0) is 30.4 Å². The van der Waals surface area contributed by atoms with E-state index >= 15 is 0 Å². The number of pyridine rings is 1. The minimum absolute atomic E-state index is 0.0999. The lowest BCUT2D eigenvalue weighted by atomic mass is 9.99. The van der Waals surface area contributed by atoms with Crippen molar-refractivity contribution < 1.29 is 18.0 Å². The van der Waals surface area contributed by atoms with Crippen LogP contribution in [0.2, 0.25) is 0 Å². The Hall–Kier alpha value is -2.38. The number of aryl methyl sites for hydroxylation is 2. The van der Waals surface area contributed by atoms with Crippen LogP contribution in [0, 0.1) is 12.8 Å². The first-order valence-corrected chi connectivity index (χ1v) is 8.13. The lowest BCUT2D eigenvalue weighted by molar-refractivity contribution is -0.141. The number of hydrogen-bond donors (Lipinski definition) is 1. The number of nitrogens with zero attached hydrogens (tertiary/aromatic N) is 3. The van der Waals surface area contributed by atoms with Gasteiger partial charge in [0.15, 0.2) is 5.69 Å². The molecular formula is C17H19F3N4O. The second-order valence-corrected chi connectivity index (χ2v) is 6.39. The number of aromatic nitrogens is 3. The third-order valence-corrected chi connectivity index (χ3v) is 4.31. The third-order valence-electron chi connectivity index (χ3n) is 4.31. The molecule has 25 heavy (non-hydrogen) atoms. The molecule has 5 nitrogen and oxygen atoms in total. The number of fused-ring (bicyclic) bond motifs is 1. The maximum atomic E-state index is 12.7. The highest BCUT2D eigenvalue weighted by atomic mass is 19.4. The first-order valence-electron chi connectivity index (χ1n) is 8.13. The van der Waals surface area contributed by atoms with E-state index in [0.29, 0.717) is 31.8 Å². The molecule has 0 fully saturated rings. The number of imidazole rings is 1. The summed E-state index contributed by atoms with van der Waals surface area (Å²) in [7, 11) is 0. The summed E-state index contributed by atoms with van der Waals surface area (Å²) < 4.78 is 39.7. The summed E-state index contributed by atoms with van der Waals surface area (Å²) in [6, 6.07) is 3.71. The Morgan fingerprint density at radius 3 is 2.88 bits per heavy atom. The maximum absolute atomic E-state index is 12.7. The Balaban J connectivity index is 1.52. The Bertz CT molecular complexity index is 752. The van der Waals surface area contributed by atoms with Crippen LogP contribution in [0.1, 0.15) is 29.2 Å². The van der Waals surface area contributed by atoms with Crippen molar-refractivity contribution in [2.45, 2.75) is 38.9 Å². The predicted octanol–water partition coefficient (Wildman–Crippen LogP) is 2.53. The molecule has 134 valence electrons. The van der Waals surface area contributed by atoms with E-state index in [1.165, 1.54) is 0 Å². The van der Waals surface area contributed by atoms with Crippen molar-refractivity contribution in [1.82, 2.24) is 19.9 Å². The Labute approximate surface area is 143 Å². The molecule has 1 atom stereocenters. The van der Waals surface area contributed by atoms with Gasteiger partial charge in [-0.15, -0.1) is 0 Å². The van der Waals surface area contributed by atoms with Crippen molar-refractivity contribution >= 4 is 5.91 Å². The van der Waals surface area contributed by atoms with Crippen LogP contribution in [0.15, 0.2) is 24.5 Å². The summed E-state index contributed by atoms with van der Waals surface area (Å²) >= 11 is 0. The Morgan fingerprint density at radius 2 is 2.20 bits per heavy atom. The monoisotopic (exact) mass is 352 g/mol. The molecule has 0 saturated carbocycles. The molecule has 3 heterocycles. The molecule has 0 spiro atoms. The average molecular weight is 352 g/mol. The van der Waals surface area contributed by atoms with Crippen molar-refractivity contribution in [3.8, 4) is 0 Å². The first kappa shape index (κ1) is 17.4. The molecule has 0 radical (unpaired) electrons. The molecule has 1 N–H and O–H groups in total. The SMILES string of the molecule is Cc1ccc(CC(=O)NC[C@@H]2CCc3nc(C(F)(F)F)cn3C2)cn1. The summed E-state index contributed by atoms with van der Waals surface area (Å²) in [5.41, 5.74) is 0.873. The van der Waals surface area contributed by atoms with Crippen LogP contribution >= 0.6 is 0 Å². The summed E-state index contributed by atoms with van der Waals surface area (Å²) in [6.45, 7) is 2.75. The van der Waals surface area contributed by atoms with Gasteiger partial charge in [0.25, 0.3) is 0 Å². The zero-order valence-corrected chi connectivity index (χ0v) is 13.8. The largest absolute Gasteiger partial charge is 0.434 e. The predicted molar refractivity (Wildman–Crippen MR) is 84.7 cm³/mol. The number of alkyl halides is 3. The normalized spacial score (nSPS) is 17.2. The molecule has 1 aliphatic heterocycles. The first-order chi connectivity index (χ1) is 11.8. The Morgan fingerprint density at radius 1 is 1.40 bits per heavy atom. The number of carbonyl (C=O) groups excluding carboxylic acids is 1. The van der Waals surface area contributed by atoms with Gasteiger partial charge in [0.1, 0.15) is 5.82 Å². The van der Waals surface area contributed by atoms with Gasteiger partial charge in [0.2, 0.25) is 5.91 Å². The van der Waals surface area contributed by atoms with E-state index in [9.17, 15) is 18.0 Å². The van der Waals surface area contributed by atoms with E-state index < -0.39 is 11.9 Å². The number of amides is 1. The number of nitrogens with one attached hydrogen (secondary N) is 1. The van der Waals surface area contributed by atoms with Gasteiger partial charge in [0.05, 0.1) is 6.42 Å². The topological polar surface area (TPSA) is 59.8 Å². The van der Waals surface area contributed by atoms with E-state index in [4.69, 9.17) is 0 Å². The lowest BCUT2D eigenvalue weighted by Gasteiger charge is -2.23. The van der Waals surface area contributed by atoms with Gasteiger partial charge < -0.3 is 9.88 Å². The zero-order chi connectivity index (χ0) is 18.0. The molecule has 0 unspecified atom stereocenters. The number of halogens is 3. The summed E-state index contributed by atoms with van der Waals surface area (Å²) in [5.74, 6) is 0.446. The van der Waals surface area contributed by atoms with Crippen LogP contribution in [0.3, 0.4) is 0 Å². The summed E-state index contributed by atoms with van der Waals surface area (Å²) in [6.07, 6.45) is -0.253. The molecule has 3 rings (SSSR count). The van der Waals surface area contributed by atoms with Crippen molar-refractivity contribution in [2.75, 3.05) is 6.54 Å². The average Bonchev–Trinajstić information content (AvgIpc) is 2.99. The smallest absolute Gasteiger partial charge is 0.355 e. The molecule has 1 amide bonds. The molecule has 0 aromatic carbocycles. The number of carbonyl (C=O) groups is 1. The molecule has 1 aliphatic rings. The fourth-order valence-electron chi connectivity index (χ4n) is 2.93. The van der Waals surface area contributed by atoms with Gasteiger partial charge in [-0.1, -0.05) is 6.07 Å². The van der Waals surface area contributed by atoms with Crippen LogP contribution in [0.25, 0.3) is 0 Å². The second kappa shape index (κ2) is 6.85. The Kier molecular flexibility index (Phi) is 4.78. The van der Waals surface area contributed by atoms with Crippen molar-refractivity contribution in [2.24, 2.45) is 5.92 Å². The zero-order valence-electron chi connectivity index (χ0n) is 13.8. The van der Waals surface area contributed by atoms with Gasteiger partial charge in [-0.2, -0.15) is 13.2 Å². The molecule has 0 aliphatic carbocycles. The van der Waals surface area contributed by atoms with Crippen molar-refractivity contribution in [1.29, 1.82) is 0 Å². The highest BCUT2D eigenvalue weighted by Gasteiger charge is 2.35. The summed E-state index contributed by atoms with van der Waals surface area (Å²) in [5, 5.41) is 2.86. The standard InChI is InChI=1S/C17H19F3N4O/c1-11-2-3-12(7-21-11)6-16(25)22-8-13-4-5-15-23-14(17(18,19)20)10-24(15)9-13/h2-3,7,10,13H,4-6,8-9H2,1H3,(H,22,25)/t13-/m0/s1. The molecule has 0 saturated heterocycles. The van der Waals surface area contributed by atoms with Gasteiger partial charge in [0, 0.05) is 37.6 Å². The number of rotatable bonds is 4. The van der Waals surface area contributed by atoms with E-state index in [1.54, 1.807) is 10.8 Å². The van der Waals surface area contributed by atoms with Crippen molar-refractivity contribution in [3.63, 3.8) is 0 Å². The molecule has 8 heteroatoms. The summed E-state index contributed by atoms with van der Waals surface area (Å²) in [4.78, 5) is 19.8. The van der Waals surface area contributed by atoms with Crippen molar-refractivity contribution in [3.05, 3.63) is 47.3 Å². The molecule has 2 aromatic heterocycles. The molecular weight excluding hydrogens is 333 g/mol. The fourth-order valence-corrected chi connectivity index (χ4v) is 2.93. The van der Waals surface area contributed by atoms with E-state index in [0.717, 1.165) is 17.5 Å². The van der Waals surface area contributed by atoms with E-state index in [2.05, 4.69) is 15.3 Å². The quantitative estimate of drug-likeness (QED) is 0.920. The van der Waals surface area contributed by atoms with E-state index in [1.807, 2.05) is 19.1 Å². The van der Waals surface area contributed by atoms with Crippen LogP contribution in [-0.4, -0.2) is 27.0 Å². The van der Waals surface area contributed by atoms with Gasteiger partial charge in [-0.25, -0.2) is 4.98 Å². The molecule has 0 bridgehead atoms. The van der Waals surface area contributed by atoms with E-state index in [-0.39, 0.29) is 18.2 Å². The minimum atomic E-state index is -4.42. The minimum Gasteiger partial charge on any atom is -0.355 e. The second-order valence-electron chi connectivity index (χ2n) is 6.39. The third kappa shape index (κ3) is 4.37. The van der Waals surface area contributed by atoms with Gasteiger partial charge in [-0.05, 0) is 30.9 Å². The number of hydrogen-bond acceptors (Lipinski definition) is 3. The van der Waals surface area contributed by atoms with Gasteiger partial charge >= 0.3 is 6.18 Å². The maximum Gasteiger partial charge on any atom is 0.434 e. The van der Waals surface area contributed by atoms with Crippen LogP contribution in [0.4, 0.5) is 13.2 Å². The highest BCUT2D eigenvalue weighted by molar-refractivity contribution is 5.78. The molecule has 2 aromatic rings. The lowest BCUT2D eigenvalue weighted by Crippen LogP contribution is -2.34. The van der Waals surface area contributed by atoms with Crippen LogP contribution in [0.5, 0.6) is 0 Å². The van der Waals surface area contributed by atoms with Crippen LogP contribution < -0.4 is 5.32 Å². The fraction of sp³-hybridized carbons (Fsp3) is 0.471. The van der Waals surface area contributed by atoms with Gasteiger partial charge in [-0.3, -0.25) is 9.78 Å².